The Hall–Kier alpha value is -3.70. The van der Waals surface area contributed by atoms with E-state index < -0.39 is 48.1 Å². The van der Waals surface area contributed by atoms with Gasteiger partial charge in [0.2, 0.25) is 0 Å². The van der Waals surface area contributed by atoms with E-state index in [-0.39, 0.29) is 37.4 Å². The van der Waals surface area contributed by atoms with Crippen molar-refractivity contribution in [2.45, 2.75) is 64.0 Å². The molecule has 3 aromatic rings. The molecule has 2 aliphatic heterocycles. The number of benzene rings is 1. The number of hydrogen-bond acceptors (Lipinski definition) is 6. The Bertz CT molecular complexity index is 1370. The summed E-state index contributed by atoms with van der Waals surface area (Å²) >= 11 is 0. The summed E-state index contributed by atoms with van der Waals surface area (Å²) in [5.74, 6) is -1.24. The van der Waals surface area contributed by atoms with Crippen molar-refractivity contribution in [3.63, 3.8) is 0 Å². The molecule has 2 aromatic heterocycles. The molecule has 0 spiro atoms. The molecule has 5 rings (SSSR count). The van der Waals surface area contributed by atoms with Crippen LogP contribution in [0.15, 0.2) is 36.4 Å². The summed E-state index contributed by atoms with van der Waals surface area (Å²) in [4.78, 5) is 32.4. The summed E-state index contributed by atoms with van der Waals surface area (Å²) in [7, 11) is 0. The van der Waals surface area contributed by atoms with Gasteiger partial charge in [-0.3, -0.25) is 4.79 Å². The number of hydrogen-bond donors (Lipinski definition) is 0. The molecule has 0 N–H and O–H groups in total. The summed E-state index contributed by atoms with van der Waals surface area (Å²) in [5, 5.41) is 4.75. The summed E-state index contributed by atoms with van der Waals surface area (Å²) in [5.41, 5.74) is 0.590. The Kier molecular flexibility index (Phi) is 6.31. The van der Waals surface area contributed by atoms with Crippen LogP contribution < -0.4 is 4.90 Å². The highest BCUT2D eigenvalue weighted by Crippen LogP contribution is 2.41. The predicted molar refractivity (Wildman–Crippen MR) is 131 cm³/mol. The van der Waals surface area contributed by atoms with E-state index in [1.54, 1.807) is 45.0 Å². The van der Waals surface area contributed by atoms with Gasteiger partial charge in [-0.25, -0.2) is 18.9 Å². The van der Waals surface area contributed by atoms with Crippen LogP contribution in [-0.4, -0.2) is 68.5 Å². The van der Waals surface area contributed by atoms with Gasteiger partial charge in [0, 0.05) is 24.7 Å². The molecule has 0 bridgehead atoms. The SMILES string of the molecule is CC(C)(C)OC(=O)N1CCC(N2c3c4ccc(-c5ccc(F)cc5)nc4nn3CC(=O)C2C(F)(F)F)CC1. The Morgan fingerprint density at radius 2 is 1.68 bits per heavy atom. The van der Waals surface area contributed by atoms with Gasteiger partial charge in [-0.1, -0.05) is 0 Å². The molecule has 1 fully saturated rings. The van der Waals surface area contributed by atoms with E-state index in [2.05, 4.69) is 10.1 Å². The molecule has 38 heavy (non-hydrogen) atoms. The second-order valence-electron chi connectivity index (χ2n) is 10.6. The summed E-state index contributed by atoms with van der Waals surface area (Å²) in [6.45, 7) is 5.07. The Morgan fingerprint density at radius 3 is 2.29 bits per heavy atom. The van der Waals surface area contributed by atoms with E-state index in [1.807, 2.05) is 0 Å². The second kappa shape index (κ2) is 9.25. The van der Waals surface area contributed by atoms with Crippen molar-refractivity contribution in [3.05, 3.63) is 42.2 Å². The lowest BCUT2D eigenvalue weighted by Crippen LogP contribution is -2.61. The maximum atomic E-state index is 14.3. The first-order valence-electron chi connectivity index (χ1n) is 12.3. The van der Waals surface area contributed by atoms with Crippen molar-refractivity contribution in [1.82, 2.24) is 19.7 Å². The number of Topliss-reactive ketones (excluding diaryl/α,β-unsaturated/α-hetero) is 1. The Balaban J connectivity index is 1.50. The molecule has 0 aliphatic carbocycles. The molecule has 8 nitrogen and oxygen atoms in total. The first kappa shape index (κ1) is 25.9. The minimum Gasteiger partial charge on any atom is -0.444 e. The highest BCUT2D eigenvalue weighted by molar-refractivity contribution is 5.97. The molecule has 1 atom stereocenters. The average molecular weight is 534 g/mol. The molecule has 2 aliphatic rings. The molecule has 0 radical (unpaired) electrons. The van der Waals surface area contributed by atoms with Crippen molar-refractivity contribution in [1.29, 1.82) is 0 Å². The number of pyridine rings is 1. The van der Waals surface area contributed by atoms with Gasteiger partial charge >= 0.3 is 12.3 Å². The number of carbonyl (C=O) groups is 2. The van der Waals surface area contributed by atoms with Crippen molar-refractivity contribution in [2.75, 3.05) is 18.0 Å². The van der Waals surface area contributed by atoms with Crippen LogP contribution in [0.3, 0.4) is 0 Å². The number of rotatable bonds is 2. The Morgan fingerprint density at radius 1 is 1.03 bits per heavy atom. The molecule has 1 amide bonds. The molecular weight excluding hydrogens is 506 g/mol. The maximum Gasteiger partial charge on any atom is 0.416 e. The molecule has 12 heteroatoms. The molecule has 202 valence electrons. The van der Waals surface area contributed by atoms with Crippen molar-refractivity contribution in [3.8, 4) is 11.3 Å². The number of alkyl halides is 3. The average Bonchev–Trinajstić information content (AvgIpc) is 3.19. The van der Waals surface area contributed by atoms with Crippen molar-refractivity contribution >= 4 is 28.7 Å². The highest BCUT2D eigenvalue weighted by atomic mass is 19.4. The normalized spacial score (nSPS) is 19.1. The smallest absolute Gasteiger partial charge is 0.416 e. The third-order valence-electron chi connectivity index (χ3n) is 6.67. The lowest BCUT2D eigenvalue weighted by molar-refractivity contribution is -0.165. The van der Waals surface area contributed by atoms with Crippen LogP contribution in [0.4, 0.5) is 28.2 Å². The summed E-state index contributed by atoms with van der Waals surface area (Å²) in [6.07, 6.45) is -4.89. The predicted octanol–water partition coefficient (Wildman–Crippen LogP) is 4.96. The number of anilines is 1. The fraction of sp³-hybridized carbons (Fsp3) is 0.462. The third kappa shape index (κ3) is 4.91. The minimum absolute atomic E-state index is 0.177. The first-order chi connectivity index (χ1) is 17.8. The van der Waals surface area contributed by atoms with Crippen LogP contribution in [0.2, 0.25) is 0 Å². The van der Waals surface area contributed by atoms with E-state index in [9.17, 15) is 27.2 Å². The molecular formula is C26H27F4N5O3. The number of amides is 1. The number of carbonyl (C=O) groups excluding carboxylic acids is 2. The fourth-order valence-corrected chi connectivity index (χ4v) is 5.05. The largest absolute Gasteiger partial charge is 0.444 e. The topological polar surface area (TPSA) is 80.6 Å². The van der Waals surface area contributed by atoms with Crippen LogP contribution in [0.5, 0.6) is 0 Å². The second-order valence-corrected chi connectivity index (χ2v) is 10.6. The monoisotopic (exact) mass is 533 g/mol. The molecule has 1 saturated heterocycles. The number of fused-ring (bicyclic) bond motifs is 3. The molecule has 0 saturated carbocycles. The van der Waals surface area contributed by atoms with Crippen molar-refractivity contribution in [2.24, 2.45) is 0 Å². The zero-order chi connectivity index (χ0) is 27.4. The molecule has 1 unspecified atom stereocenters. The summed E-state index contributed by atoms with van der Waals surface area (Å²) < 4.78 is 62.9. The van der Waals surface area contributed by atoms with Gasteiger partial charge in [-0.15, -0.1) is 5.10 Å². The van der Waals surface area contributed by atoms with Crippen LogP contribution in [0, 0.1) is 5.82 Å². The quantitative estimate of drug-likeness (QED) is 0.434. The molecule has 1 aromatic carbocycles. The number of piperidine rings is 1. The van der Waals surface area contributed by atoms with Gasteiger partial charge in [-0.2, -0.15) is 13.2 Å². The maximum absolute atomic E-state index is 14.3. The van der Waals surface area contributed by atoms with Gasteiger partial charge in [-0.05, 0) is 70.0 Å². The standard InChI is InChI=1S/C26H27F4N5O3/c1-25(2,3)38-24(37)33-12-10-17(11-13-33)35-21(26(28,29)30)20(36)14-34-23(35)18-8-9-19(31-22(18)32-34)15-4-6-16(27)7-5-15/h4-9,17,21H,10-14H2,1-3H3. The highest BCUT2D eigenvalue weighted by Gasteiger charge is 2.54. The zero-order valence-electron chi connectivity index (χ0n) is 21.1. The van der Waals surface area contributed by atoms with Crippen LogP contribution in [0.1, 0.15) is 33.6 Å². The zero-order valence-corrected chi connectivity index (χ0v) is 21.1. The minimum atomic E-state index is -4.80. The van der Waals surface area contributed by atoms with Crippen LogP contribution in [0.25, 0.3) is 22.3 Å². The fourth-order valence-electron chi connectivity index (χ4n) is 5.05. The molecule has 4 heterocycles. The van der Waals surface area contributed by atoms with Gasteiger partial charge in [0.1, 0.15) is 23.8 Å². The number of halogens is 4. The van der Waals surface area contributed by atoms with E-state index in [1.165, 1.54) is 21.7 Å². The van der Waals surface area contributed by atoms with E-state index in [4.69, 9.17) is 4.74 Å². The number of aromatic nitrogens is 3. The van der Waals surface area contributed by atoms with Gasteiger partial charge in [0.15, 0.2) is 17.5 Å². The van der Waals surface area contributed by atoms with Crippen molar-refractivity contribution < 1.29 is 31.9 Å². The van der Waals surface area contributed by atoms with Gasteiger partial charge in [0.05, 0.1) is 11.1 Å². The van der Waals surface area contributed by atoms with E-state index in [0.717, 1.165) is 4.90 Å². The summed E-state index contributed by atoms with van der Waals surface area (Å²) in [6, 6.07) is 5.95. The number of ether oxygens (including phenoxy) is 1. The Labute approximate surface area is 216 Å². The van der Waals surface area contributed by atoms with E-state index in [0.29, 0.717) is 16.6 Å². The lowest BCUT2D eigenvalue weighted by Gasteiger charge is -2.45. The van der Waals surface area contributed by atoms with Crippen LogP contribution in [-0.2, 0) is 16.1 Å². The lowest BCUT2D eigenvalue weighted by atomic mass is 9.97. The van der Waals surface area contributed by atoms with Gasteiger partial charge < -0.3 is 14.5 Å². The first-order valence-corrected chi connectivity index (χ1v) is 12.3. The third-order valence-corrected chi connectivity index (χ3v) is 6.67. The number of ketones is 1. The van der Waals surface area contributed by atoms with Crippen LogP contribution >= 0.6 is 0 Å². The van der Waals surface area contributed by atoms with Gasteiger partial charge in [0.25, 0.3) is 0 Å². The number of likely N-dealkylation sites (tertiary alicyclic amines) is 1. The number of nitrogens with zero attached hydrogens (tertiary/aromatic N) is 5. The van der Waals surface area contributed by atoms with E-state index >= 15 is 0 Å².